The summed E-state index contributed by atoms with van der Waals surface area (Å²) in [6.07, 6.45) is -0.362. The predicted molar refractivity (Wildman–Crippen MR) is 72.8 cm³/mol. The fourth-order valence-electron chi connectivity index (χ4n) is 2.35. The summed E-state index contributed by atoms with van der Waals surface area (Å²) in [6.45, 7) is 8.75. The maximum Gasteiger partial charge on any atom is 0.410 e. The van der Waals surface area contributed by atoms with E-state index in [1.807, 2.05) is 25.3 Å². The van der Waals surface area contributed by atoms with Crippen molar-refractivity contribution in [2.75, 3.05) is 6.54 Å². The molecule has 2 rings (SSSR count). The summed E-state index contributed by atoms with van der Waals surface area (Å²) in [4.78, 5) is 24.8. The monoisotopic (exact) mass is 280 g/mol. The molecule has 0 bridgehead atoms. The van der Waals surface area contributed by atoms with Gasteiger partial charge in [-0.05, 0) is 33.8 Å². The van der Waals surface area contributed by atoms with Gasteiger partial charge in [-0.1, -0.05) is 0 Å². The second-order valence-electron chi connectivity index (χ2n) is 5.99. The Bertz CT molecular complexity index is 554. The van der Waals surface area contributed by atoms with Crippen molar-refractivity contribution in [3.8, 4) is 0 Å². The molecular formula is C14H20N2O4. The second kappa shape index (κ2) is 4.85. The zero-order valence-electron chi connectivity index (χ0n) is 12.3. The third-order valence-electron chi connectivity index (χ3n) is 3.28. The lowest BCUT2D eigenvalue weighted by atomic mass is 10.2. The number of ether oxygens (including phenoxy) is 1. The third kappa shape index (κ3) is 2.79. The molecule has 0 saturated heterocycles. The molecule has 0 aromatic carbocycles. The topological polar surface area (TPSA) is 71.8 Å². The van der Waals surface area contributed by atoms with Crippen molar-refractivity contribution in [3.63, 3.8) is 0 Å². The normalized spacial score (nSPS) is 14.9. The summed E-state index contributed by atoms with van der Waals surface area (Å²) in [5.74, 6) is -0.937. The Morgan fingerprint density at radius 3 is 2.50 bits per heavy atom. The van der Waals surface area contributed by atoms with Gasteiger partial charge in [-0.25, -0.2) is 9.59 Å². The van der Waals surface area contributed by atoms with Crippen LogP contribution in [0.25, 0.3) is 0 Å². The van der Waals surface area contributed by atoms with Crippen LogP contribution in [0.1, 0.15) is 42.5 Å². The molecule has 6 heteroatoms. The minimum atomic E-state index is -0.937. The molecule has 1 aromatic rings. The molecule has 0 radical (unpaired) electrons. The standard InChI is InChI=1S/C14H20N2O4/c1-9-11(12(17)18)7-10-8-15(5-6-16(9)10)13(19)20-14(2,3)4/h7H,5-6,8H2,1-4H3,(H,17,18). The lowest BCUT2D eigenvalue weighted by molar-refractivity contribution is 0.0198. The quantitative estimate of drug-likeness (QED) is 0.856. The molecule has 110 valence electrons. The van der Waals surface area contributed by atoms with Gasteiger partial charge in [0, 0.05) is 24.5 Å². The van der Waals surface area contributed by atoms with Crippen LogP contribution in [-0.4, -0.2) is 38.8 Å². The molecule has 0 aliphatic carbocycles. The Balaban J connectivity index is 2.17. The average molecular weight is 280 g/mol. The van der Waals surface area contributed by atoms with Crippen molar-refractivity contribution < 1.29 is 19.4 Å². The minimum absolute atomic E-state index is 0.297. The number of aromatic nitrogens is 1. The largest absolute Gasteiger partial charge is 0.478 e. The van der Waals surface area contributed by atoms with Gasteiger partial charge in [-0.15, -0.1) is 0 Å². The van der Waals surface area contributed by atoms with Gasteiger partial charge in [-0.2, -0.15) is 0 Å². The van der Waals surface area contributed by atoms with Crippen molar-refractivity contribution >= 4 is 12.1 Å². The molecule has 1 amide bonds. The zero-order valence-corrected chi connectivity index (χ0v) is 12.3. The lowest BCUT2D eigenvalue weighted by Gasteiger charge is -2.31. The second-order valence-corrected chi connectivity index (χ2v) is 5.99. The fraction of sp³-hybridized carbons (Fsp3) is 0.571. The molecule has 2 heterocycles. The summed E-state index contributed by atoms with van der Waals surface area (Å²) in [5.41, 5.74) is 1.33. The van der Waals surface area contributed by atoms with E-state index in [0.29, 0.717) is 25.2 Å². The summed E-state index contributed by atoms with van der Waals surface area (Å²) in [5, 5.41) is 9.12. The van der Waals surface area contributed by atoms with Gasteiger partial charge in [0.15, 0.2) is 0 Å². The highest BCUT2D eigenvalue weighted by molar-refractivity contribution is 5.89. The van der Waals surface area contributed by atoms with Crippen LogP contribution in [0.15, 0.2) is 6.07 Å². The molecular weight excluding hydrogens is 260 g/mol. The van der Waals surface area contributed by atoms with Crippen LogP contribution >= 0.6 is 0 Å². The van der Waals surface area contributed by atoms with E-state index in [4.69, 9.17) is 9.84 Å². The van der Waals surface area contributed by atoms with Crippen LogP contribution in [0.3, 0.4) is 0 Å². The highest BCUT2D eigenvalue weighted by Gasteiger charge is 2.28. The number of carboxylic acids is 1. The minimum Gasteiger partial charge on any atom is -0.478 e. The van der Waals surface area contributed by atoms with Gasteiger partial charge in [0.2, 0.25) is 0 Å². The number of amides is 1. The molecule has 1 aliphatic rings. The van der Waals surface area contributed by atoms with Gasteiger partial charge in [0.05, 0.1) is 12.1 Å². The van der Waals surface area contributed by atoms with Gasteiger partial charge in [0.25, 0.3) is 0 Å². The third-order valence-corrected chi connectivity index (χ3v) is 3.28. The van der Waals surface area contributed by atoms with E-state index in [1.54, 1.807) is 17.9 Å². The molecule has 20 heavy (non-hydrogen) atoms. The zero-order chi connectivity index (χ0) is 15.1. The number of carbonyl (C=O) groups excluding carboxylic acids is 1. The highest BCUT2D eigenvalue weighted by atomic mass is 16.6. The first kappa shape index (κ1) is 14.4. The SMILES string of the molecule is Cc1c(C(=O)O)cc2n1CCN(C(=O)OC(C)(C)C)C2. The lowest BCUT2D eigenvalue weighted by Crippen LogP contribution is -2.41. The predicted octanol–water partition coefficient (Wildman–Crippen LogP) is 2.25. The van der Waals surface area contributed by atoms with Gasteiger partial charge in [0.1, 0.15) is 5.60 Å². The van der Waals surface area contributed by atoms with Crippen LogP contribution in [0.4, 0.5) is 4.79 Å². The Kier molecular flexibility index (Phi) is 3.50. The van der Waals surface area contributed by atoms with Crippen LogP contribution in [0.2, 0.25) is 0 Å². The maximum atomic E-state index is 12.0. The molecule has 0 spiro atoms. The van der Waals surface area contributed by atoms with Crippen molar-refractivity contribution in [1.29, 1.82) is 0 Å². The van der Waals surface area contributed by atoms with Gasteiger partial charge < -0.3 is 19.3 Å². The molecule has 0 saturated carbocycles. The number of rotatable bonds is 1. The number of nitrogens with zero attached hydrogens (tertiary/aromatic N) is 2. The van der Waals surface area contributed by atoms with E-state index in [-0.39, 0.29) is 6.09 Å². The van der Waals surface area contributed by atoms with Gasteiger partial charge in [-0.3, -0.25) is 0 Å². The van der Waals surface area contributed by atoms with Gasteiger partial charge >= 0.3 is 12.1 Å². The molecule has 0 fully saturated rings. The first-order valence-electron chi connectivity index (χ1n) is 6.59. The molecule has 0 unspecified atom stereocenters. The van der Waals surface area contributed by atoms with E-state index in [2.05, 4.69) is 0 Å². The Hall–Kier alpha value is -1.98. The number of hydrogen-bond donors (Lipinski definition) is 1. The van der Waals surface area contributed by atoms with Crippen LogP contribution in [-0.2, 0) is 17.8 Å². The Labute approximate surface area is 117 Å². The van der Waals surface area contributed by atoms with Crippen molar-refractivity contribution in [2.45, 2.75) is 46.4 Å². The highest BCUT2D eigenvalue weighted by Crippen LogP contribution is 2.22. The fourth-order valence-corrected chi connectivity index (χ4v) is 2.35. The number of aromatic carboxylic acids is 1. The van der Waals surface area contributed by atoms with Crippen LogP contribution in [0.5, 0.6) is 0 Å². The average Bonchev–Trinajstić information content (AvgIpc) is 2.64. The molecule has 1 aliphatic heterocycles. The number of fused-ring (bicyclic) bond motifs is 1. The number of hydrogen-bond acceptors (Lipinski definition) is 3. The van der Waals surface area contributed by atoms with E-state index in [9.17, 15) is 9.59 Å². The van der Waals surface area contributed by atoms with Crippen molar-refractivity contribution in [3.05, 3.63) is 23.0 Å². The summed E-state index contributed by atoms with van der Waals surface area (Å²) in [6, 6.07) is 1.63. The van der Waals surface area contributed by atoms with Crippen molar-refractivity contribution in [2.24, 2.45) is 0 Å². The summed E-state index contributed by atoms with van der Waals surface area (Å²) < 4.78 is 7.29. The smallest absolute Gasteiger partial charge is 0.410 e. The van der Waals surface area contributed by atoms with E-state index in [0.717, 1.165) is 11.4 Å². The van der Waals surface area contributed by atoms with E-state index >= 15 is 0 Å². The first-order valence-corrected chi connectivity index (χ1v) is 6.59. The molecule has 1 N–H and O–H groups in total. The van der Waals surface area contributed by atoms with Crippen molar-refractivity contribution in [1.82, 2.24) is 9.47 Å². The first-order chi connectivity index (χ1) is 9.19. The van der Waals surface area contributed by atoms with E-state index < -0.39 is 11.6 Å². The van der Waals surface area contributed by atoms with Crippen LogP contribution in [0, 0.1) is 6.92 Å². The molecule has 1 aromatic heterocycles. The maximum absolute atomic E-state index is 12.0. The Morgan fingerprint density at radius 1 is 1.30 bits per heavy atom. The summed E-state index contributed by atoms with van der Waals surface area (Å²) in [7, 11) is 0. The van der Waals surface area contributed by atoms with Crippen LogP contribution < -0.4 is 0 Å². The number of carbonyl (C=O) groups is 2. The Morgan fingerprint density at radius 2 is 1.95 bits per heavy atom. The van der Waals surface area contributed by atoms with E-state index in [1.165, 1.54) is 0 Å². The summed E-state index contributed by atoms with van der Waals surface area (Å²) >= 11 is 0. The molecule has 6 nitrogen and oxygen atoms in total. The number of carboxylic acid groups (broad SMARTS) is 1. The molecule has 0 atom stereocenters.